The monoisotopic (exact) mass is 252 g/mol. The van der Waals surface area contributed by atoms with Crippen LogP contribution in [0, 0.1) is 0 Å². The Morgan fingerprint density at radius 1 is 1.31 bits per heavy atom. The molecule has 2 rings (SSSR count). The number of thiazole rings is 1. The quantitative estimate of drug-likeness (QED) is 0.713. The molecule has 0 aliphatic rings. The molecule has 2 aromatic heterocycles. The molecule has 0 atom stereocenters. The molecular weight excluding hydrogens is 240 g/mol. The maximum absolute atomic E-state index is 6.04. The van der Waals surface area contributed by atoms with Crippen LogP contribution in [0.5, 0.6) is 0 Å². The number of rotatable bonds is 1. The average Bonchev–Trinajstić information content (AvgIpc) is 2.66. The minimum absolute atomic E-state index is 0.0810. The number of aromatic nitrogens is 2. The molecule has 0 bridgehead atoms. The lowest BCUT2D eigenvalue weighted by Gasteiger charge is -2.13. The summed E-state index contributed by atoms with van der Waals surface area (Å²) < 4.78 is 0. The highest BCUT2D eigenvalue weighted by Crippen LogP contribution is 2.31. The number of nitrogens with zero attached hydrogens (tertiary/aromatic N) is 2. The second-order valence-corrected chi connectivity index (χ2v) is 5.85. The molecule has 84 valence electrons. The molecule has 0 saturated heterocycles. The molecule has 0 radical (unpaired) electrons. The topological polar surface area (TPSA) is 25.8 Å². The summed E-state index contributed by atoms with van der Waals surface area (Å²) in [5, 5.41) is 3.65. The molecule has 0 aliphatic heterocycles. The Morgan fingerprint density at radius 2 is 2.06 bits per heavy atom. The van der Waals surface area contributed by atoms with Gasteiger partial charge in [-0.25, -0.2) is 9.97 Å². The van der Waals surface area contributed by atoms with Crippen molar-refractivity contribution in [2.24, 2.45) is 0 Å². The normalized spacial score (nSPS) is 11.8. The second kappa shape index (κ2) is 4.15. The highest BCUT2D eigenvalue weighted by atomic mass is 35.5. The number of pyridine rings is 1. The van der Waals surface area contributed by atoms with Crippen molar-refractivity contribution >= 4 is 22.9 Å². The summed E-state index contributed by atoms with van der Waals surface area (Å²) in [6, 6.07) is 3.81. The van der Waals surface area contributed by atoms with Gasteiger partial charge in [0, 0.05) is 22.6 Å². The summed E-state index contributed by atoms with van der Waals surface area (Å²) in [7, 11) is 0. The van der Waals surface area contributed by atoms with Crippen molar-refractivity contribution in [1.82, 2.24) is 9.97 Å². The highest BCUT2D eigenvalue weighted by molar-refractivity contribution is 7.10. The first kappa shape index (κ1) is 11.6. The van der Waals surface area contributed by atoms with E-state index in [0.29, 0.717) is 5.15 Å². The van der Waals surface area contributed by atoms with Crippen molar-refractivity contribution in [2.75, 3.05) is 0 Å². The summed E-state index contributed by atoms with van der Waals surface area (Å²) in [4.78, 5) is 8.66. The largest absolute Gasteiger partial charge is 0.244 e. The Bertz CT molecular complexity index is 500. The van der Waals surface area contributed by atoms with Gasteiger partial charge in [0.05, 0.1) is 10.7 Å². The zero-order valence-electron chi connectivity index (χ0n) is 9.49. The zero-order valence-corrected chi connectivity index (χ0v) is 11.1. The Labute approximate surface area is 104 Å². The Hall–Kier alpha value is -0.930. The molecule has 0 unspecified atom stereocenters. The van der Waals surface area contributed by atoms with Crippen molar-refractivity contribution in [2.45, 2.75) is 26.2 Å². The lowest BCUT2D eigenvalue weighted by atomic mass is 9.98. The lowest BCUT2D eigenvalue weighted by molar-refractivity contribution is 0.586. The summed E-state index contributed by atoms with van der Waals surface area (Å²) in [6.07, 6.45) is 1.68. The molecule has 0 saturated carbocycles. The van der Waals surface area contributed by atoms with Crippen LogP contribution in [-0.4, -0.2) is 9.97 Å². The standard InChI is InChI=1S/C12H13ClN2S/c1-12(2,3)11-15-9(7-16-11)8-5-4-6-14-10(8)13/h4-7H,1-3H3. The van der Waals surface area contributed by atoms with E-state index >= 15 is 0 Å². The second-order valence-electron chi connectivity index (χ2n) is 4.63. The summed E-state index contributed by atoms with van der Waals surface area (Å²) >= 11 is 7.70. The predicted molar refractivity (Wildman–Crippen MR) is 69.1 cm³/mol. The average molecular weight is 253 g/mol. The van der Waals surface area contributed by atoms with Crippen molar-refractivity contribution in [3.63, 3.8) is 0 Å². The third-order valence-electron chi connectivity index (χ3n) is 2.18. The minimum Gasteiger partial charge on any atom is -0.244 e. The Balaban J connectivity index is 2.44. The fourth-order valence-electron chi connectivity index (χ4n) is 1.32. The molecule has 0 amide bonds. The van der Waals surface area contributed by atoms with Gasteiger partial charge < -0.3 is 0 Å². The molecule has 2 aromatic rings. The molecule has 0 fully saturated rings. The van der Waals surface area contributed by atoms with Gasteiger partial charge in [0.2, 0.25) is 0 Å². The smallest absolute Gasteiger partial charge is 0.138 e. The van der Waals surface area contributed by atoms with Crippen molar-refractivity contribution < 1.29 is 0 Å². The molecule has 2 heterocycles. The van der Waals surface area contributed by atoms with Crippen LogP contribution in [0.4, 0.5) is 0 Å². The van der Waals surface area contributed by atoms with E-state index in [-0.39, 0.29) is 5.41 Å². The SMILES string of the molecule is CC(C)(C)c1nc(-c2cccnc2Cl)cs1. The van der Waals surface area contributed by atoms with E-state index < -0.39 is 0 Å². The van der Waals surface area contributed by atoms with Crippen LogP contribution in [0.15, 0.2) is 23.7 Å². The number of halogens is 1. The summed E-state index contributed by atoms with van der Waals surface area (Å²) in [6.45, 7) is 6.46. The maximum atomic E-state index is 6.04. The van der Waals surface area contributed by atoms with E-state index in [1.54, 1.807) is 17.5 Å². The van der Waals surface area contributed by atoms with E-state index in [4.69, 9.17) is 11.6 Å². The van der Waals surface area contributed by atoms with E-state index in [2.05, 4.69) is 30.7 Å². The van der Waals surface area contributed by atoms with Gasteiger partial charge in [-0.2, -0.15) is 0 Å². The molecule has 0 N–H and O–H groups in total. The van der Waals surface area contributed by atoms with Gasteiger partial charge in [-0.05, 0) is 12.1 Å². The number of hydrogen-bond acceptors (Lipinski definition) is 3. The van der Waals surface area contributed by atoms with E-state index in [0.717, 1.165) is 16.3 Å². The van der Waals surface area contributed by atoms with Gasteiger partial charge in [0.25, 0.3) is 0 Å². The van der Waals surface area contributed by atoms with Crippen molar-refractivity contribution in [1.29, 1.82) is 0 Å². The fourth-order valence-corrected chi connectivity index (χ4v) is 2.44. The first-order chi connectivity index (χ1) is 7.48. The van der Waals surface area contributed by atoms with Gasteiger partial charge >= 0.3 is 0 Å². The lowest BCUT2D eigenvalue weighted by Crippen LogP contribution is -2.10. The van der Waals surface area contributed by atoms with Gasteiger partial charge in [-0.3, -0.25) is 0 Å². The fraction of sp³-hybridized carbons (Fsp3) is 0.333. The summed E-state index contributed by atoms with van der Waals surface area (Å²) in [5.41, 5.74) is 1.89. The molecule has 0 aromatic carbocycles. The van der Waals surface area contributed by atoms with Gasteiger partial charge in [0.1, 0.15) is 5.15 Å². The van der Waals surface area contributed by atoms with Crippen LogP contribution in [-0.2, 0) is 5.41 Å². The van der Waals surface area contributed by atoms with E-state index in [1.807, 2.05) is 17.5 Å². The van der Waals surface area contributed by atoms with E-state index in [9.17, 15) is 0 Å². The van der Waals surface area contributed by atoms with Gasteiger partial charge in [0.15, 0.2) is 0 Å². The Morgan fingerprint density at radius 3 is 2.62 bits per heavy atom. The first-order valence-corrected chi connectivity index (χ1v) is 6.31. The first-order valence-electron chi connectivity index (χ1n) is 5.05. The molecule has 4 heteroatoms. The number of hydrogen-bond donors (Lipinski definition) is 0. The third-order valence-corrected chi connectivity index (χ3v) is 3.75. The maximum Gasteiger partial charge on any atom is 0.138 e. The zero-order chi connectivity index (χ0) is 11.8. The molecule has 0 aliphatic carbocycles. The summed E-state index contributed by atoms with van der Waals surface area (Å²) in [5.74, 6) is 0. The minimum atomic E-state index is 0.0810. The third kappa shape index (κ3) is 2.25. The van der Waals surface area contributed by atoms with E-state index in [1.165, 1.54) is 0 Å². The highest BCUT2D eigenvalue weighted by Gasteiger charge is 2.19. The molecule has 16 heavy (non-hydrogen) atoms. The van der Waals surface area contributed by atoms with Gasteiger partial charge in [-0.1, -0.05) is 32.4 Å². The van der Waals surface area contributed by atoms with Crippen LogP contribution < -0.4 is 0 Å². The van der Waals surface area contributed by atoms with Crippen LogP contribution in [0.25, 0.3) is 11.3 Å². The van der Waals surface area contributed by atoms with Crippen molar-refractivity contribution in [3.8, 4) is 11.3 Å². The van der Waals surface area contributed by atoms with Crippen molar-refractivity contribution in [3.05, 3.63) is 33.9 Å². The molecule has 2 nitrogen and oxygen atoms in total. The molecule has 0 spiro atoms. The van der Waals surface area contributed by atoms with Crippen LogP contribution >= 0.6 is 22.9 Å². The predicted octanol–water partition coefficient (Wildman–Crippen LogP) is 4.16. The van der Waals surface area contributed by atoms with Gasteiger partial charge in [-0.15, -0.1) is 11.3 Å². The molecular formula is C12H13ClN2S. The van der Waals surface area contributed by atoms with Crippen LogP contribution in [0.2, 0.25) is 5.15 Å². The van der Waals surface area contributed by atoms with Crippen LogP contribution in [0.1, 0.15) is 25.8 Å². The Kier molecular flexibility index (Phi) is 3.00. The van der Waals surface area contributed by atoms with Crippen LogP contribution in [0.3, 0.4) is 0 Å².